The van der Waals surface area contributed by atoms with E-state index >= 15 is 0 Å². The Hall–Kier alpha value is -2.63. The van der Waals surface area contributed by atoms with Gasteiger partial charge in [0.15, 0.2) is 5.82 Å². The summed E-state index contributed by atoms with van der Waals surface area (Å²) in [4.78, 5) is 6.12. The Morgan fingerprint density at radius 1 is 0.971 bits per heavy atom. The van der Waals surface area contributed by atoms with E-state index in [1.54, 1.807) is 0 Å². The first kappa shape index (κ1) is 27.0. The van der Waals surface area contributed by atoms with Crippen LogP contribution in [0.1, 0.15) is 47.0 Å². The van der Waals surface area contributed by atoms with Gasteiger partial charge in [0.2, 0.25) is 6.39 Å². The molecule has 0 aliphatic carbocycles. The molecule has 0 saturated carbocycles. The lowest BCUT2D eigenvalue weighted by Crippen LogP contribution is -2.42. The molecule has 35 heavy (non-hydrogen) atoms. The van der Waals surface area contributed by atoms with Gasteiger partial charge in [0.1, 0.15) is 0 Å². The second kappa shape index (κ2) is 11.0. The Morgan fingerprint density at radius 2 is 1.63 bits per heavy atom. The number of nitrogens with zero attached hydrogens (tertiary/aromatic N) is 3. The molecule has 2 atom stereocenters. The van der Waals surface area contributed by atoms with Crippen LogP contribution in [0.5, 0.6) is 0 Å². The van der Waals surface area contributed by atoms with E-state index in [0.29, 0.717) is 37.5 Å². The highest BCUT2D eigenvalue weighted by atomic mass is 35.5. The summed E-state index contributed by atoms with van der Waals surface area (Å²) >= 11 is 0. The highest BCUT2D eigenvalue weighted by molar-refractivity contribution is 5.85. The molecule has 1 fully saturated rings. The predicted octanol–water partition coefficient (Wildman–Crippen LogP) is 6.45. The number of piperidine rings is 1. The number of hydrogen-bond donors (Lipinski definition) is 0. The molecule has 2 heterocycles. The zero-order valence-electron chi connectivity index (χ0n) is 18.2. The minimum atomic E-state index is -4.91. The first-order valence-electron chi connectivity index (χ1n) is 10.6. The lowest BCUT2D eigenvalue weighted by Gasteiger charge is -2.41. The average molecular weight is 522 g/mol. The smallest absolute Gasteiger partial charge is 0.372 e. The van der Waals surface area contributed by atoms with Crippen LogP contribution < -0.4 is 0 Å². The van der Waals surface area contributed by atoms with E-state index in [-0.39, 0.29) is 30.1 Å². The van der Waals surface area contributed by atoms with E-state index in [4.69, 9.17) is 9.26 Å². The van der Waals surface area contributed by atoms with E-state index < -0.39 is 36.2 Å². The molecule has 1 aromatic heterocycles. The summed E-state index contributed by atoms with van der Waals surface area (Å²) in [5, 5.41) is 3.84. The molecule has 2 aromatic carbocycles. The second-order valence-electron chi connectivity index (χ2n) is 8.08. The van der Waals surface area contributed by atoms with E-state index in [1.165, 1.54) is 6.39 Å². The summed E-state index contributed by atoms with van der Waals surface area (Å²) in [6.07, 6.45) is -7.75. The van der Waals surface area contributed by atoms with Gasteiger partial charge in [-0.15, -0.1) is 12.4 Å². The third-order valence-corrected chi connectivity index (χ3v) is 5.68. The molecule has 1 aliphatic heterocycles. The standard InChI is InChI=1S/C23H21F6N3O2.ClH/c24-22(25,26)17-9-15(10-18(11-17)23(27,28)29)13-33-19-7-4-8-32(12-20-30-14-34-31-20)21(19)16-5-2-1-3-6-16;/h1-3,5-6,9-11,14,19,21H,4,7-8,12-13H2;1H/t19-,21-;/m0./s1. The molecule has 0 bridgehead atoms. The zero-order chi connectivity index (χ0) is 24.3. The van der Waals surface area contributed by atoms with E-state index in [1.807, 2.05) is 30.3 Å². The third-order valence-electron chi connectivity index (χ3n) is 5.68. The Labute approximate surface area is 203 Å². The molecule has 0 spiro atoms. The summed E-state index contributed by atoms with van der Waals surface area (Å²) in [5.74, 6) is 0.467. The number of hydrogen-bond acceptors (Lipinski definition) is 5. The minimum absolute atomic E-state index is 0. The first-order valence-corrected chi connectivity index (χ1v) is 10.6. The quantitative estimate of drug-likeness (QED) is 0.349. The largest absolute Gasteiger partial charge is 0.416 e. The highest BCUT2D eigenvalue weighted by Gasteiger charge is 2.38. The summed E-state index contributed by atoms with van der Waals surface area (Å²) in [6.45, 7) is 0.657. The SMILES string of the molecule is Cl.FC(F)(F)c1cc(CO[C@H]2CCCN(Cc3ncon3)[C@H]2c2ccccc2)cc(C(F)(F)F)c1. The first-order chi connectivity index (χ1) is 16.1. The summed E-state index contributed by atoms with van der Waals surface area (Å²) in [5.41, 5.74) is -1.99. The van der Waals surface area contributed by atoms with Crippen molar-refractivity contribution in [3.05, 3.63) is 83.0 Å². The molecule has 4 rings (SSSR count). The molecule has 1 saturated heterocycles. The van der Waals surface area contributed by atoms with Crippen LogP contribution in [0, 0.1) is 0 Å². The molecule has 0 unspecified atom stereocenters. The Balaban J connectivity index is 0.00000342. The predicted molar refractivity (Wildman–Crippen MR) is 115 cm³/mol. The van der Waals surface area contributed by atoms with Gasteiger partial charge in [0.05, 0.1) is 36.4 Å². The topological polar surface area (TPSA) is 51.4 Å². The maximum atomic E-state index is 13.2. The summed E-state index contributed by atoms with van der Waals surface area (Å²) in [7, 11) is 0. The summed E-state index contributed by atoms with van der Waals surface area (Å²) < 4.78 is 90.1. The second-order valence-corrected chi connectivity index (χ2v) is 8.08. The van der Waals surface area contributed by atoms with Crippen LogP contribution in [0.3, 0.4) is 0 Å². The number of rotatable bonds is 6. The van der Waals surface area contributed by atoms with Gasteiger partial charge in [0, 0.05) is 0 Å². The van der Waals surface area contributed by atoms with Gasteiger partial charge in [0.25, 0.3) is 0 Å². The van der Waals surface area contributed by atoms with Crippen molar-refractivity contribution in [1.29, 1.82) is 0 Å². The molecular formula is C23H22ClF6N3O2. The molecule has 12 heteroatoms. The maximum Gasteiger partial charge on any atom is 0.416 e. The van der Waals surface area contributed by atoms with Crippen molar-refractivity contribution in [2.24, 2.45) is 0 Å². The van der Waals surface area contributed by atoms with Gasteiger partial charge < -0.3 is 9.26 Å². The molecule has 3 aromatic rings. The summed E-state index contributed by atoms with van der Waals surface area (Å²) in [6, 6.07) is 10.6. The monoisotopic (exact) mass is 521 g/mol. The van der Waals surface area contributed by atoms with Crippen molar-refractivity contribution in [2.45, 2.75) is 50.5 Å². The molecule has 0 N–H and O–H groups in total. The zero-order valence-corrected chi connectivity index (χ0v) is 19.0. The maximum absolute atomic E-state index is 13.2. The van der Waals surface area contributed by atoms with Gasteiger partial charge in [-0.25, -0.2) is 0 Å². The van der Waals surface area contributed by atoms with Crippen molar-refractivity contribution in [3.8, 4) is 0 Å². The Kier molecular flexibility index (Phi) is 8.45. The van der Waals surface area contributed by atoms with Crippen molar-refractivity contribution in [2.75, 3.05) is 6.54 Å². The number of ether oxygens (including phenoxy) is 1. The van der Waals surface area contributed by atoms with E-state index in [2.05, 4.69) is 15.0 Å². The number of aromatic nitrogens is 2. The van der Waals surface area contributed by atoms with Crippen LogP contribution in [0.4, 0.5) is 26.3 Å². The highest BCUT2D eigenvalue weighted by Crippen LogP contribution is 2.38. The molecule has 0 radical (unpaired) electrons. The lowest BCUT2D eigenvalue weighted by molar-refractivity contribution is -0.143. The van der Waals surface area contributed by atoms with E-state index in [0.717, 1.165) is 12.0 Å². The van der Waals surface area contributed by atoms with Crippen LogP contribution in [-0.2, 0) is 30.2 Å². The number of alkyl halides is 6. The average Bonchev–Trinajstić information content (AvgIpc) is 3.30. The van der Waals surface area contributed by atoms with Crippen molar-refractivity contribution < 1.29 is 35.6 Å². The van der Waals surface area contributed by atoms with E-state index in [9.17, 15) is 26.3 Å². The number of halogens is 7. The van der Waals surface area contributed by atoms with Crippen LogP contribution in [0.15, 0.2) is 59.4 Å². The van der Waals surface area contributed by atoms with Gasteiger partial charge in [-0.1, -0.05) is 35.5 Å². The van der Waals surface area contributed by atoms with Crippen molar-refractivity contribution >= 4 is 12.4 Å². The van der Waals surface area contributed by atoms with Crippen LogP contribution in [-0.4, -0.2) is 27.7 Å². The molecule has 190 valence electrons. The van der Waals surface area contributed by atoms with Gasteiger partial charge in [-0.2, -0.15) is 31.3 Å². The van der Waals surface area contributed by atoms with Crippen molar-refractivity contribution in [1.82, 2.24) is 15.0 Å². The molecular weight excluding hydrogens is 500 g/mol. The molecule has 1 aliphatic rings. The Morgan fingerprint density at radius 3 is 2.20 bits per heavy atom. The molecule has 5 nitrogen and oxygen atoms in total. The molecule has 0 amide bonds. The third kappa shape index (κ3) is 6.74. The number of benzene rings is 2. The van der Waals surface area contributed by atoms with Crippen LogP contribution in [0.2, 0.25) is 0 Å². The fraction of sp³-hybridized carbons (Fsp3) is 0.391. The number of likely N-dealkylation sites (tertiary alicyclic amines) is 1. The normalized spacial score (nSPS) is 19.4. The Bertz CT molecular complexity index is 1040. The fourth-order valence-electron chi connectivity index (χ4n) is 4.20. The minimum Gasteiger partial charge on any atom is -0.372 e. The van der Waals surface area contributed by atoms with Gasteiger partial charge in [-0.05, 0) is 48.7 Å². The van der Waals surface area contributed by atoms with Crippen LogP contribution >= 0.6 is 12.4 Å². The van der Waals surface area contributed by atoms with Gasteiger partial charge >= 0.3 is 12.4 Å². The van der Waals surface area contributed by atoms with Crippen LogP contribution in [0.25, 0.3) is 0 Å². The lowest BCUT2D eigenvalue weighted by atomic mass is 9.92. The van der Waals surface area contributed by atoms with Crippen molar-refractivity contribution in [3.63, 3.8) is 0 Å². The fourth-order valence-corrected chi connectivity index (χ4v) is 4.20. The van der Waals surface area contributed by atoms with Gasteiger partial charge in [-0.3, -0.25) is 4.90 Å².